The molecule has 0 saturated heterocycles. The molecule has 1 unspecified atom stereocenters. The molecule has 8 aromatic carbocycles. The van der Waals surface area contributed by atoms with Crippen LogP contribution >= 0.6 is 0 Å². The van der Waals surface area contributed by atoms with Crippen molar-refractivity contribution in [2.75, 3.05) is 10.2 Å². The quantitative estimate of drug-likeness (QED) is 0.192. The Balaban J connectivity index is 1.16. The lowest BCUT2D eigenvalue weighted by Gasteiger charge is -2.26. The molecule has 10 rings (SSSR count). The van der Waals surface area contributed by atoms with Gasteiger partial charge in [-0.1, -0.05) is 115 Å². The van der Waals surface area contributed by atoms with E-state index in [1.807, 2.05) is 18.2 Å². The fraction of sp³-hybridized carbons (Fsp3) is 0.0222. The van der Waals surface area contributed by atoms with E-state index in [9.17, 15) is 0 Å². The van der Waals surface area contributed by atoms with Gasteiger partial charge in [-0.25, -0.2) is 0 Å². The van der Waals surface area contributed by atoms with Gasteiger partial charge >= 0.3 is 0 Å². The van der Waals surface area contributed by atoms with E-state index in [4.69, 9.17) is 9.15 Å². The molecule has 0 amide bonds. The highest BCUT2D eigenvalue weighted by molar-refractivity contribution is 6.18. The number of anilines is 4. The highest BCUT2D eigenvalue weighted by atomic mass is 16.5. The van der Waals surface area contributed by atoms with E-state index in [1.165, 1.54) is 16.5 Å². The zero-order valence-corrected chi connectivity index (χ0v) is 26.5. The molecular weight excluding hydrogens is 601 g/mol. The van der Waals surface area contributed by atoms with Crippen LogP contribution in [0.2, 0.25) is 0 Å². The number of hydrogen-bond acceptors (Lipinski definition) is 4. The number of nitrogens with one attached hydrogen (secondary N) is 1. The molecule has 9 aromatic rings. The van der Waals surface area contributed by atoms with E-state index in [-0.39, 0.29) is 6.23 Å². The first-order chi connectivity index (χ1) is 24.3. The average molecular weight is 631 g/mol. The summed E-state index contributed by atoms with van der Waals surface area (Å²) < 4.78 is 13.0. The third-order valence-electron chi connectivity index (χ3n) is 9.69. The van der Waals surface area contributed by atoms with Gasteiger partial charge in [0.25, 0.3) is 0 Å². The maximum absolute atomic E-state index is 6.68. The summed E-state index contributed by atoms with van der Waals surface area (Å²) in [5.74, 6) is 0.886. The number of ether oxygens (including phenoxy) is 1. The van der Waals surface area contributed by atoms with Gasteiger partial charge in [-0.2, -0.15) is 0 Å². The molecular formula is C45H30N2O2. The summed E-state index contributed by atoms with van der Waals surface area (Å²) in [5.41, 5.74) is 9.38. The Morgan fingerprint density at radius 3 is 1.82 bits per heavy atom. The molecule has 0 saturated carbocycles. The van der Waals surface area contributed by atoms with Crippen molar-refractivity contribution in [3.8, 4) is 16.9 Å². The third-order valence-corrected chi connectivity index (χ3v) is 9.69. The van der Waals surface area contributed by atoms with Gasteiger partial charge in [0.2, 0.25) is 0 Å². The highest BCUT2D eigenvalue weighted by Gasteiger charge is 2.28. The molecule has 1 N–H and O–H groups in total. The Labute approximate surface area is 283 Å². The molecule has 1 aromatic heterocycles. The van der Waals surface area contributed by atoms with Crippen LogP contribution in [0.3, 0.4) is 0 Å². The summed E-state index contributed by atoms with van der Waals surface area (Å²) in [6.07, 6.45) is -0.250. The topological polar surface area (TPSA) is 37.6 Å². The Bertz CT molecular complexity index is 2660. The molecule has 0 fully saturated rings. The van der Waals surface area contributed by atoms with Crippen molar-refractivity contribution in [2.24, 2.45) is 0 Å². The van der Waals surface area contributed by atoms with Crippen LogP contribution < -0.4 is 15.0 Å². The molecule has 1 aliphatic heterocycles. The van der Waals surface area contributed by atoms with Gasteiger partial charge in [0, 0.05) is 50.2 Å². The zero-order valence-electron chi connectivity index (χ0n) is 26.5. The highest BCUT2D eigenvalue weighted by Crippen LogP contribution is 2.50. The third kappa shape index (κ3) is 4.53. The molecule has 49 heavy (non-hydrogen) atoms. The van der Waals surface area contributed by atoms with Crippen molar-refractivity contribution in [1.82, 2.24) is 0 Å². The molecule has 0 bridgehead atoms. The normalized spacial score (nSPS) is 13.8. The standard InChI is InChI=1S/C45H30N2O2/c1-3-11-29(12-4-1)30-19-21-32(22-20-30)47(34-23-25-37-36-16-9-10-18-41(36)48-42(37)28-34)33-24-26-39-40(27-33)35-15-7-8-17-38(35)43-44(39)49-45(46-43)31-13-5-2-6-14-31/h1-28,45-46H. The molecule has 0 aliphatic carbocycles. The number of nitrogens with zero attached hydrogens (tertiary/aromatic N) is 1. The van der Waals surface area contributed by atoms with Crippen LogP contribution in [0.25, 0.3) is 54.6 Å². The fourth-order valence-corrected chi connectivity index (χ4v) is 7.34. The van der Waals surface area contributed by atoms with E-state index in [0.717, 1.165) is 72.2 Å². The Morgan fingerprint density at radius 2 is 1.02 bits per heavy atom. The molecule has 1 atom stereocenters. The van der Waals surface area contributed by atoms with Gasteiger partial charge in [0.1, 0.15) is 11.2 Å². The maximum atomic E-state index is 6.68. The molecule has 232 valence electrons. The van der Waals surface area contributed by atoms with E-state index in [1.54, 1.807) is 0 Å². The lowest BCUT2D eigenvalue weighted by Crippen LogP contribution is -2.10. The predicted molar refractivity (Wildman–Crippen MR) is 202 cm³/mol. The number of hydrogen-bond donors (Lipinski definition) is 1. The summed E-state index contributed by atoms with van der Waals surface area (Å²) in [7, 11) is 0. The van der Waals surface area contributed by atoms with Crippen LogP contribution in [0.1, 0.15) is 11.8 Å². The van der Waals surface area contributed by atoms with Crippen LogP contribution in [0.5, 0.6) is 5.75 Å². The predicted octanol–water partition coefficient (Wildman–Crippen LogP) is 12.5. The fourth-order valence-electron chi connectivity index (χ4n) is 7.34. The van der Waals surface area contributed by atoms with E-state index >= 15 is 0 Å². The summed E-state index contributed by atoms with van der Waals surface area (Å²) in [6.45, 7) is 0. The first-order valence-electron chi connectivity index (χ1n) is 16.6. The van der Waals surface area contributed by atoms with Crippen molar-refractivity contribution < 1.29 is 9.15 Å². The minimum Gasteiger partial charge on any atom is -0.464 e. The summed E-state index contributed by atoms with van der Waals surface area (Å²) in [6, 6.07) is 59.7. The van der Waals surface area contributed by atoms with E-state index in [0.29, 0.717) is 0 Å². The average Bonchev–Trinajstić information content (AvgIpc) is 3.79. The zero-order chi connectivity index (χ0) is 32.3. The Morgan fingerprint density at radius 1 is 0.429 bits per heavy atom. The summed E-state index contributed by atoms with van der Waals surface area (Å²) in [4.78, 5) is 2.31. The van der Waals surface area contributed by atoms with Crippen LogP contribution in [0.4, 0.5) is 22.7 Å². The van der Waals surface area contributed by atoms with Crippen molar-refractivity contribution in [1.29, 1.82) is 0 Å². The van der Waals surface area contributed by atoms with E-state index < -0.39 is 0 Å². The monoisotopic (exact) mass is 630 g/mol. The van der Waals surface area contributed by atoms with Gasteiger partial charge in [0.15, 0.2) is 12.0 Å². The van der Waals surface area contributed by atoms with Crippen LogP contribution in [-0.4, -0.2) is 0 Å². The maximum Gasteiger partial charge on any atom is 0.196 e. The van der Waals surface area contributed by atoms with Crippen LogP contribution in [-0.2, 0) is 0 Å². The van der Waals surface area contributed by atoms with Crippen LogP contribution in [0.15, 0.2) is 174 Å². The van der Waals surface area contributed by atoms with Crippen molar-refractivity contribution in [3.63, 3.8) is 0 Å². The van der Waals surface area contributed by atoms with Gasteiger partial charge < -0.3 is 19.4 Å². The first-order valence-corrected chi connectivity index (χ1v) is 16.6. The number of furan rings is 1. The molecule has 2 heterocycles. The number of fused-ring (bicyclic) bond motifs is 9. The summed E-state index contributed by atoms with van der Waals surface area (Å²) >= 11 is 0. The number of benzene rings is 8. The number of rotatable bonds is 5. The molecule has 4 nitrogen and oxygen atoms in total. The number of para-hydroxylation sites is 1. The second-order valence-electron chi connectivity index (χ2n) is 12.6. The lowest BCUT2D eigenvalue weighted by atomic mass is 9.98. The van der Waals surface area contributed by atoms with E-state index in [2.05, 4.69) is 162 Å². The van der Waals surface area contributed by atoms with Crippen LogP contribution in [0, 0.1) is 0 Å². The molecule has 0 radical (unpaired) electrons. The van der Waals surface area contributed by atoms with Gasteiger partial charge in [-0.15, -0.1) is 0 Å². The van der Waals surface area contributed by atoms with Crippen molar-refractivity contribution in [3.05, 3.63) is 175 Å². The molecule has 1 aliphatic rings. The van der Waals surface area contributed by atoms with Crippen molar-refractivity contribution in [2.45, 2.75) is 6.23 Å². The first kappa shape index (κ1) is 27.6. The second kappa shape index (κ2) is 11.0. The minimum absolute atomic E-state index is 0.250. The summed E-state index contributed by atoms with van der Waals surface area (Å²) in [5, 5.41) is 10.4. The minimum atomic E-state index is -0.250. The molecule has 0 spiro atoms. The van der Waals surface area contributed by atoms with Gasteiger partial charge in [-0.05, 0) is 70.4 Å². The van der Waals surface area contributed by atoms with Gasteiger partial charge in [0.05, 0.1) is 5.69 Å². The van der Waals surface area contributed by atoms with Crippen molar-refractivity contribution >= 4 is 66.2 Å². The Hall–Kier alpha value is -6.52. The second-order valence-corrected chi connectivity index (χ2v) is 12.6. The van der Waals surface area contributed by atoms with Gasteiger partial charge in [-0.3, -0.25) is 0 Å². The lowest BCUT2D eigenvalue weighted by molar-refractivity contribution is 0.262. The Kier molecular flexibility index (Phi) is 6.21. The largest absolute Gasteiger partial charge is 0.464 e. The molecule has 4 heteroatoms. The smallest absolute Gasteiger partial charge is 0.196 e. The SMILES string of the molecule is c1ccc(-c2ccc(N(c3ccc4c(c3)oc3ccccc34)c3ccc4c5c(c6ccccc6c4c3)NC(c3ccccc3)O5)cc2)cc1.